The number of fused-ring (bicyclic) bond motifs is 1. The molecule has 1 unspecified atom stereocenters. The zero-order chi connectivity index (χ0) is 29.9. The number of benzene rings is 2. The Morgan fingerprint density at radius 2 is 1.95 bits per heavy atom. The average Bonchev–Trinajstić information content (AvgIpc) is 3.50. The van der Waals surface area contributed by atoms with Crippen LogP contribution in [-0.4, -0.2) is 58.4 Å². The number of hydrogen-bond donors (Lipinski definition) is 3. The van der Waals surface area contributed by atoms with Crippen LogP contribution in [0, 0.1) is 5.82 Å². The molecule has 41 heavy (non-hydrogen) atoms. The molecule has 0 aliphatic carbocycles. The lowest BCUT2D eigenvalue weighted by Crippen LogP contribution is -2.46. The molecule has 2 aromatic carbocycles. The molecule has 10 nitrogen and oxygen atoms in total. The number of amides is 2. The van der Waals surface area contributed by atoms with Crippen LogP contribution in [-0.2, 0) is 36.3 Å². The van der Waals surface area contributed by atoms with Crippen LogP contribution >= 0.6 is 19.2 Å². The molecule has 4 N–H and O–H groups in total. The molecule has 222 valence electrons. The molecule has 1 aromatic heterocycles. The number of likely N-dealkylation sites (tertiary alicyclic amines) is 1. The molecule has 3 aromatic rings. The van der Waals surface area contributed by atoms with Crippen LogP contribution in [0.3, 0.4) is 0 Å². The minimum absolute atomic E-state index is 0.0961. The predicted molar refractivity (Wildman–Crippen MR) is 150 cm³/mol. The molecule has 0 radical (unpaired) electrons. The standard InChI is InChI=1S/C27H32ClF2N4O6P/c1-3-39-41(38,40-4-2)18-8-9-19-20(26(31)36)14-33(22(19)11-18)15-24(35)34-13-17(29)10-23(34)27(37)32-12-16-6-5-7-21(28)25(16)30/h5-9,11,14,17,23,26,36H,3-4,10,12-13,15,31H2,1-2H3,(H,32,37)/t17-,23+,26?/m1/s1. The molecule has 2 heterocycles. The average molecular weight is 613 g/mol. The number of alkyl halides is 1. The Morgan fingerprint density at radius 3 is 2.61 bits per heavy atom. The lowest BCUT2D eigenvalue weighted by molar-refractivity contribution is -0.139. The van der Waals surface area contributed by atoms with Gasteiger partial charge in [-0.2, -0.15) is 0 Å². The molecule has 2 amide bonds. The number of nitrogens with two attached hydrogens (primary N) is 1. The second kappa shape index (κ2) is 13.0. The number of hydrogen-bond acceptors (Lipinski definition) is 7. The summed E-state index contributed by atoms with van der Waals surface area (Å²) in [5, 5.41) is 13.4. The third-order valence-electron chi connectivity index (χ3n) is 6.79. The minimum atomic E-state index is -3.68. The van der Waals surface area contributed by atoms with Crippen molar-refractivity contribution in [2.75, 3.05) is 19.8 Å². The van der Waals surface area contributed by atoms with Crippen LogP contribution in [0.2, 0.25) is 5.02 Å². The maximum absolute atomic E-state index is 14.5. The Balaban J connectivity index is 1.59. The highest BCUT2D eigenvalue weighted by atomic mass is 35.5. The predicted octanol–water partition coefficient (Wildman–Crippen LogP) is 3.53. The first-order valence-electron chi connectivity index (χ1n) is 13.1. The lowest BCUT2D eigenvalue weighted by atomic mass is 10.1. The van der Waals surface area contributed by atoms with E-state index in [1.165, 1.54) is 35.0 Å². The maximum atomic E-state index is 14.5. The van der Waals surface area contributed by atoms with E-state index < -0.39 is 43.7 Å². The molecule has 4 rings (SSSR count). The SMILES string of the molecule is CCOP(=O)(OCC)c1ccc2c(C(N)O)cn(CC(=O)N3C[C@H](F)C[C@H]3C(=O)NCc3cccc(Cl)c3F)c2c1. The van der Waals surface area contributed by atoms with Crippen LogP contribution < -0.4 is 16.4 Å². The fraction of sp³-hybridized carbons (Fsp3) is 0.407. The van der Waals surface area contributed by atoms with Crippen LogP contribution in [0.5, 0.6) is 0 Å². The third-order valence-corrected chi connectivity index (χ3v) is 9.19. The zero-order valence-corrected chi connectivity index (χ0v) is 24.2. The van der Waals surface area contributed by atoms with Crippen molar-refractivity contribution in [1.29, 1.82) is 0 Å². The number of nitrogens with zero attached hydrogens (tertiary/aromatic N) is 2. The summed E-state index contributed by atoms with van der Waals surface area (Å²) in [7, 11) is -3.68. The van der Waals surface area contributed by atoms with Crippen molar-refractivity contribution in [3.8, 4) is 0 Å². The topological polar surface area (TPSA) is 136 Å². The van der Waals surface area contributed by atoms with E-state index in [1.54, 1.807) is 26.0 Å². The molecule has 14 heteroatoms. The smallest absolute Gasteiger partial charge is 0.361 e. The molecule has 0 spiro atoms. The molecule has 1 fully saturated rings. The van der Waals surface area contributed by atoms with Crippen molar-refractivity contribution in [2.45, 2.75) is 51.8 Å². The quantitative estimate of drug-likeness (QED) is 0.223. The monoisotopic (exact) mass is 612 g/mol. The Kier molecular flexibility index (Phi) is 9.84. The largest absolute Gasteiger partial charge is 0.374 e. The van der Waals surface area contributed by atoms with Crippen LogP contribution in [0.4, 0.5) is 8.78 Å². The number of aromatic nitrogens is 1. The Labute approximate surface area is 240 Å². The van der Waals surface area contributed by atoms with Crippen LogP contribution in [0.15, 0.2) is 42.6 Å². The van der Waals surface area contributed by atoms with Crippen molar-refractivity contribution in [3.63, 3.8) is 0 Å². The molecule has 1 aliphatic rings. The fourth-order valence-electron chi connectivity index (χ4n) is 4.90. The number of aliphatic hydroxyl groups excluding tert-OH is 1. The highest BCUT2D eigenvalue weighted by Gasteiger charge is 2.40. The van der Waals surface area contributed by atoms with Gasteiger partial charge in [0.15, 0.2) is 0 Å². The minimum Gasteiger partial charge on any atom is -0.374 e. The van der Waals surface area contributed by atoms with Gasteiger partial charge in [0.05, 0.1) is 30.1 Å². The van der Waals surface area contributed by atoms with Crippen LogP contribution in [0.25, 0.3) is 10.9 Å². The zero-order valence-electron chi connectivity index (χ0n) is 22.6. The van der Waals surface area contributed by atoms with Gasteiger partial charge in [-0.1, -0.05) is 29.8 Å². The van der Waals surface area contributed by atoms with Gasteiger partial charge < -0.3 is 34.7 Å². The third kappa shape index (κ3) is 6.63. The molecular formula is C27H32ClF2N4O6P. The van der Waals surface area contributed by atoms with Gasteiger partial charge >= 0.3 is 7.60 Å². The first-order valence-corrected chi connectivity index (χ1v) is 15.0. The van der Waals surface area contributed by atoms with Gasteiger partial charge in [-0.15, -0.1) is 0 Å². The van der Waals surface area contributed by atoms with Gasteiger partial charge in [0.2, 0.25) is 11.8 Å². The summed E-state index contributed by atoms with van der Waals surface area (Å²) in [6.07, 6.45) is -1.55. The number of rotatable bonds is 11. The number of nitrogens with one attached hydrogen (secondary N) is 1. The van der Waals surface area contributed by atoms with E-state index in [-0.39, 0.29) is 55.2 Å². The van der Waals surface area contributed by atoms with E-state index >= 15 is 0 Å². The summed E-state index contributed by atoms with van der Waals surface area (Å²) in [6, 6.07) is 7.94. The maximum Gasteiger partial charge on any atom is 0.361 e. The van der Waals surface area contributed by atoms with Crippen molar-refractivity contribution in [3.05, 3.63) is 64.6 Å². The Hall–Kier alpha value is -2.86. The van der Waals surface area contributed by atoms with Gasteiger partial charge in [0, 0.05) is 41.2 Å². The summed E-state index contributed by atoms with van der Waals surface area (Å²) in [5.41, 5.74) is 6.62. The van der Waals surface area contributed by atoms with Crippen molar-refractivity contribution in [2.24, 2.45) is 5.73 Å². The first kappa shape index (κ1) is 31.1. The number of carbonyl (C=O) groups excluding carboxylic acids is 2. The second-order valence-corrected chi connectivity index (χ2v) is 12.0. The number of aliphatic hydroxyl groups is 1. The first-order chi connectivity index (χ1) is 19.5. The molecule has 1 aliphatic heterocycles. The molecule has 3 atom stereocenters. The van der Waals surface area contributed by atoms with Gasteiger partial charge in [-0.05, 0) is 32.0 Å². The number of carbonyl (C=O) groups is 2. The number of halogens is 3. The van der Waals surface area contributed by atoms with E-state index in [9.17, 15) is 28.0 Å². The highest BCUT2D eigenvalue weighted by molar-refractivity contribution is 7.62. The molecule has 0 bridgehead atoms. The van der Waals surface area contributed by atoms with E-state index in [1.807, 2.05) is 0 Å². The van der Waals surface area contributed by atoms with E-state index in [2.05, 4.69) is 5.32 Å². The summed E-state index contributed by atoms with van der Waals surface area (Å²) >= 11 is 5.80. The summed E-state index contributed by atoms with van der Waals surface area (Å²) in [5.74, 6) is -1.88. The summed E-state index contributed by atoms with van der Waals surface area (Å²) < 4.78 is 54.5. The Morgan fingerprint density at radius 1 is 1.24 bits per heavy atom. The summed E-state index contributed by atoms with van der Waals surface area (Å²) in [6.45, 7) is 2.80. The van der Waals surface area contributed by atoms with Gasteiger partial charge in [0.25, 0.3) is 0 Å². The van der Waals surface area contributed by atoms with Gasteiger partial charge in [0.1, 0.15) is 30.8 Å². The van der Waals surface area contributed by atoms with Gasteiger partial charge in [-0.3, -0.25) is 14.2 Å². The lowest BCUT2D eigenvalue weighted by Gasteiger charge is -2.24. The molecule has 0 saturated carbocycles. The highest BCUT2D eigenvalue weighted by Crippen LogP contribution is 2.47. The molecular weight excluding hydrogens is 581 g/mol. The fourth-order valence-corrected chi connectivity index (χ4v) is 6.69. The van der Waals surface area contributed by atoms with E-state index in [0.29, 0.717) is 16.5 Å². The summed E-state index contributed by atoms with van der Waals surface area (Å²) in [4.78, 5) is 27.5. The van der Waals surface area contributed by atoms with E-state index in [0.717, 1.165) is 4.90 Å². The van der Waals surface area contributed by atoms with Gasteiger partial charge in [-0.25, -0.2) is 8.78 Å². The van der Waals surface area contributed by atoms with E-state index in [4.69, 9.17) is 26.4 Å². The van der Waals surface area contributed by atoms with Crippen molar-refractivity contribution >= 4 is 47.2 Å². The Bertz CT molecular complexity index is 1480. The van der Waals surface area contributed by atoms with Crippen molar-refractivity contribution < 1.29 is 37.1 Å². The second-order valence-electron chi connectivity index (χ2n) is 9.52. The van der Waals surface area contributed by atoms with Crippen molar-refractivity contribution in [1.82, 2.24) is 14.8 Å². The van der Waals surface area contributed by atoms with Crippen LogP contribution in [0.1, 0.15) is 37.6 Å². The normalized spacial score (nSPS) is 18.2. The molecule has 1 saturated heterocycles.